The lowest BCUT2D eigenvalue weighted by Gasteiger charge is -2.10. The van der Waals surface area contributed by atoms with Gasteiger partial charge in [0.05, 0.1) is 4.92 Å². The van der Waals surface area contributed by atoms with Crippen molar-refractivity contribution in [3.8, 4) is 17.2 Å². The van der Waals surface area contributed by atoms with E-state index >= 15 is 0 Å². The molecule has 0 bridgehead atoms. The molecule has 9 heteroatoms. The normalized spacial score (nSPS) is 10.8. The molecule has 2 aromatic heterocycles. The van der Waals surface area contributed by atoms with Crippen LogP contribution in [0.1, 0.15) is 5.56 Å². The lowest BCUT2D eigenvalue weighted by molar-refractivity contribution is -0.384. The maximum atomic E-state index is 10.8. The molecule has 0 aliphatic carbocycles. The number of nitrogens with zero attached hydrogens (tertiary/aromatic N) is 5. The summed E-state index contributed by atoms with van der Waals surface area (Å²) in [5, 5.41) is 20.8. The number of nitro groups is 1. The summed E-state index contributed by atoms with van der Waals surface area (Å²) >= 11 is 7.53. The van der Waals surface area contributed by atoms with Crippen LogP contribution in [-0.4, -0.2) is 24.7 Å². The van der Waals surface area contributed by atoms with E-state index in [4.69, 9.17) is 11.6 Å². The molecular weight excluding hydrogens is 410 g/mol. The lowest BCUT2D eigenvalue weighted by Crippen LogP contribution is -2.00. The van der Waals surface area contributed by atoms with Crippen LogP contribution in [0.2, 0.25) is 5.02 Å². The van der Waals surface area contributed by atoms with Crippen molar-refractivity contribution < 1.29 is 4.92 Å². The first-order chi connectivity index (χ1) is 14.1. The number of hydrogen-bond donors (Lipinski definition) is 0. The molecule has 2 aromatic carbocycles. The van der Waals surface area contributed by atoms with E-state index in [2.05, 4.69) is 15.2 Å². The average Bonchev–Trinajstić information content (AvgIpc) is 3.17. The minimum absolute atomic E-state index is 0.0699. The Labute approximate surface area is 175 Å². The van der Waals surface area contributed by atoms with Gasteiger partial charge in [-0.25, -0.2) is 0 Å². The molecular formula is C20H14ClN5O2S. The van der Waals surface area contributed by atoms with Crippen molar-refractivity contribution in [2.45, 2.75) is 10.9 Å². The first-order valence-corrected chi connectivity index (χ1v) is 9.97. The number of hydrogen-bond acceptors (Lipinski definition) is 6. The Balaban J connectivity index is 1.67. The fraction of sp³-hybridized carbons (Fsp3) is 0.0500. The SMILES string of the molecule is O=[N+]([O-])c1ccc(CSc2nnc(-c3ccccn3)n2-c2ccc(Cl)cc2)cc1. The van der Waals surface area contributed by atoms with E-state index < -0.39 is 4.92 Å². The van der Waals surface area contributed by atoms with Crippen molar-refractivity contribution in [2.75, 3.05) is 0 Å². The number of nitro benzene ring substituents is 1. The predicted octanol–water partition coefficient (Wildman–Crippen LogP) is 5.18. The van der Waals surface area contributed by atoms with Crippen molar-refractivity contribution in [1.82, 2.24) is 19.7 Å². The third kappa shape index (κ3) is 4.28. The minimum Gasteiger partial charge on any atom is -0.269 e. The maximum Gasteiger partial charge on any atom is 0.269 e. The molecule has 0 saturated carbocycles. The highest BCUT2D eigenvalue weighted by atomic mass is 35.5. The van der Waals surface area contributed by atoms with Crippen LogP contribution < -0.4 is 0 Å². The minimum atomic E-state index is -0.410. The van der Waals surface area contributed by atoms with Gasteiger partial charge in [0.25, 0.3) is 5.69 Å². The molecule has 4 aromatic rings. The Bertz CT molecular complexity index is 1130. The van der Waals surface area contributed by atoms with Crippen LogP contribution in [0.25, 0.3) is 17.2 Å². The Kier molecular flexibility index (Phi) is 5.55. The molecule has 0 amide bonds. The van der Waals surface area contributed by atoms with Gasteiger partial charge in [0.2, 0.25) is 0 Å². The molecule has 0 aliphatic rings. The van der Waals surface area contributed by atoms with E-state index in [1.165, 1.54) is 23.9 Å². The highest BCUT2D eigenvalue weighted by Gasteiger charge is 2.17. The van der Waals surface area contributed by atoms with Crippen LogP contribution in [-0.2, 0) is 5.75 Å². The topological polar surface area (TPSA) is 86.7 Å². The number of thioether (sulfide) groups is 1. The van der Waals surface area contributed by atoms with E-state index in [-0.39, 0.29) is 5.69 Å². The largest absolute Gasteiger partial charge is 0.269 e. The van der Waals surface area contributed by atoms with E-state index in [0.717, 1.165) is 11.3 Å². The summed E-state index contributed by atoms with van der Waals surface area (Å²) in [4.78, 5) is 14.8. The molecule has 2 heterocycles. The van der Waals surface area contributed by atoms with E-state index in [1.54, 1.807) is 18.3 Å². The van der Waals surface area contributed by atoms with Gasteiger partial charge in [0, 0.05) is 34.8 Å². The fourth-order valence-corrected chi connectivity index (χ4v) is 3.74. The third-order valence-electron chi connectivity index (χ3n) is 4.13. The molecule has 7 nitrogen and oxygen atoms in total. The fourth-order valence-electron chi connectivity index (χ4n) is 2.71. The molecule has 4 rings (SSSR count). The van der Waals surface area contributed by atoms with Gasteiger partial charge >= 0.3 is 0 Å². The van der Waals surface area contributed by atoms with Gasteiger partial charge < -0.3 is 0 Å². The highest BCUT2D eigenvalue weighted by molar-refractivity contribution is 7.98. The zero-order valence-corrected chi connectivity index (χ0v) is 16.5. The van der Waals surface area contributed by atoms with Gasteiger partial charge in [0.1, 0.15) is 5.69 Å². The average molecular weight is 424 g/mol. The summed E-state index contributed by atoms with van der Waals surface area (Å²) in [5.74, 6) is 1.21. The zero-order chi connectivity index (χ0) is 20.2. The first-order valence-electron chi connectivity index (χ1n) is 8.61. The Morgan fingerprint density at radius 3 is 2.41 bits per heavy atom. The van der Waals surface area contributed by atoms with E-state index in [9.17, 15) is 10.1 Å². The molecule has 0 aliphatic heterocycles. The molecule has 0 spiro atoms. The number of benzene rings is 2. The molecule has 0 radical (unpaired) electrons. The van der Waals surface area contributed by atoms with Crippen molar-refractivity contribution in [3.05, 3.63) is 93.6 Å². The van der Waals surface area contributed by atoms with Gasteiger partial charge in [-0.3, -0.25) is 19.7 Å². The summed E-state index contributed by atoms with van der Waals surface area (Å²) in [6.45, 7) is 0. The summed E-state index contributed by atoms with van der Waals surface area (Å²) in [6, 6.07) is 19.5. The summed E-state index contributed by atoms with van der Waals surface area (Å²) < 4.78 is 1.93. The molecule has 0 N–H and O–H groups in total. The number of halogens is 1. The van der Waals surface area contributed by atoms with Crippen molar-refractivity contribution in [2.24, 2.45) is 0 Å². The third-order valence-corrected chi connectivity index (χ3v) is 5.38. The monoisotopic (exact) mass is 423 g/mol. The van der Waals surface area contributed by atoms with Gasteiger partial charge in [-0.2, -0.15) is 0 Å². The molecule has 0 saturated heterocycles. The molecule has 0 unspecified atom stereocenters. The van der Waals surface area contributed by atoms with Crippen molar-refractivity contribution in [1.29, 1.82) is 0 Å². The molecule has 0 atom stereocenters. The number of rotatable bonds is 6. The summed E-state index contributed by atoms with van der Waals surface area (Å²) in [7, 11) is 0. The van der Waals surface area contributed by atoms with Crippen LogP contribution >= 0.6 is 23.4 Å². The van der Waals surface area contributed by atoms with Gasteiger partial charge in [-0.05, 0) is 42.0 Å². The van der Waals surface area contributed by atoms with Crippen LogP contribution in [0.3, 0.4) is 0 Å². The molecule has 0 fully saturated rings. The van der Waals surface area contributed by atoms with Crippen molar-refractivity contribution >= 4 is 29.1 Å². The summed E-state index contributed by atoms with van der Waals surface area (Å²) in [6.07, 6.45) is 1.71. The van der Waals surface area contributed by atoms with Gasteiger partial charge in [-0.15, -0.1) is 10.2 Å². The highest BCUT2D eigenvalue weighted by Crippen LogP contribution is 2.29. The van der Waals surface area contributed by atoms with Crippen molar-refractivity contribution in [3.63, 3.8) is 0 Å². The Morgan fingerprint density at radius 2 is 1.76 bits per heavy atom. The van der Waals surface area contributed by atoms with Crippen LogP contribution in [0.5, 0.6) is 0 Å². The van der Waals surface area contributed by atoms with Gasteiger partial charge in [0.15, 0.2) is 11.0 Å². The number of pyridine rings is 1. The molecule has 144 valence electrons. The summed E-state index contributed by atoms with van der Waals surface area (Å²) in [5.41, 5.74) is 2.59. The maximum absolute atomic E-state index is 10.8. The number of aromatic nitrogens is 4. The van der Waals surface area contributed by atoms with Crippen LogP contribution in [0.15, 0.2) is 78.1 Å². The second kappa shape index (κ2) is 8.42. The lowest BCUT2D eigenvalue weighted by atomic mass is 10.2. The zero-order valence-electron chi connectivity index (χ0n) is 15.0. The number of non-ortho nitro benzene ring substituents is 1. The van der Waals surface area contributed by atoms with Crippen LogP contribution in [0.4, 0.5) is 5.69 Å². The smallest absolute Gasteiger partial charge is 0.269 e. The molecule has 29 heavy (non-hydrogen) atoms. The second-order valence-corrected chi connectivity index (χ2v) is 7.42. The van der Waals surface area contributed by atoms with Gasteiger partial charge in [-0.1, -0.05) is 41.6 Å². The van der Waals surface area contributed by atoms with Crippen LogP contribution in [0, 0.1) is 10.1 Å². The quantitative estimate of drug-likeness (QED) is 0.241. The predicted molar refractivity (Wildman–Crippen MR) is 112 cm³/mol. The van der Waals surface area contributed by atoms with E-state index in [0.29, 0.717) is 27.5 Å². The Morgan fingerprint density at radius 1 is 1.00 bits per heavy atom. The van der Waals surface area contributed by atoms with E-state index in [1.807, 2.05) is 47.0 Å². The standard InChI is InChI=1S/C20H14ClN5O2S/c21-15-6-10-16(11-7-15)25-19(18-3-1-2-12-22-18)23-24-20(25)29-13-14-4-8-17(9-5-14)26(27)28/h1-12H,13H2. The Hall–Kier alpha value is -3.23. The first kappa shape index (κ1) is 19.1. The second-order valence-electron chi connectivity index (χ2n) is 6.05.